The summed E-state index contributed by atoms with van der Waals surface area (Å²) < 4.78 is 0.942. The standard InChI is InChI=1S/C15H17ClN2OS/c1-3-4-5-8-18(2)15(19)14-13(17)11-7-6-10(16)9-12(11)20-14/h3,6-7,9H,1,4-5,8,17H2,2H3. The molecule has 0 aliphatic heterocycles. The maximum absolute atomic E-state index is 12.4. The van der Waals surface area contributed by atoms with Crippen molar-refractivity contribution in [2.45, 2.75) is 12.8 Å². The van der Waals surface area contributed by atoms with E-state index in [1.54, 1.807) is 18.0 Å². The van der Waals surface area contributed by atoms with Crippen molar-refractivity contribution in [2.75, 3.05) is 19.3 Å². The summed E-state index contributed by atoms with van der Waals surface area (Å²) in [6.45, 7) is 4.37. The summed E-state index contributed by atoms with van der Waals surface area (Å²) in [5.74, 6) is -0.0381. The molecule has 0 spiro atoms. The number of fused-ring (bicyclic) bond motifs is 1. The third-order valence-electron chi connectivity index (χ3n) is 3.13. The van der Waals surface area contributed by atoms with Gasteiger partial charge in [-0.05, 0) is 31.0 Å². The minimum Gasteiger partial charge on any atom is -0.397 e. The van der Waals surface area contributed by atoms with E-state index in [0.717, 1.165) is 22.9 Å². The molecule has 2 aromatic rings. The van der Waals surface area contributed by atoms with E-state index in [-0.39, 0.29) is 5.91 Å². The molecule has 2 N–H and O–H groups in total. The first kappa shape index (κ1) is 14.9. The van der Waals surface area contributed by atoms with Crippen LogP contribution in [-0.2, 0) is 0 Å². The van der Waals surface area contributed by atoms with E-state index < -0.39 is 0 Å². The molecule has 1 heterocycles. The van der Waals surface area contributed by atoms with Crippen LogP contribution >= 0.6 is 22.9 Å². The SMILES string of the molecule is C=CCCCN(C)C(=O)c1sc2cc(Cl)ccc2c1N. The number of benzene rings is 1. The lowest BCUT2D eigenvalue weighted by molar-refractivity contribution is 0.0799. The average molecular weight is 309 g/mol. The van der Waals surface area contributed by atoms with Crippen molar-refractivity contribution in [3.05, 3.63) is 40.8 Å². The van der Waals surface area contributed by atoms with Crippen molar-refractivity contribution >= 4 is 44.6 Å². The van der Waals surface area contributed by atoms with Crippen LogP contribution in [0.15, 0.2) is 30.9 Å². The van der Waals surface area contributed by atoms with Gasteiger partial charge in [0, 0.05) is 28.7 Å². The maximum atomic E-state index is 12.4. The molecule has 1 amide bonds. The Morgan fingerprint density at radius 1 is 1.55 bits per heavy atom. The van der Waals surface area contributed by atoms with Gasteiger partial charge in [0.15, 0.2) is 0 Å². The van der Waals surface area contributed by atoms with E-state index >= 15 is 0 Å². The minimum atomic E-state index is -0.0381. The molecule has 1 aromatic heterocycles. The number of carbonyl (C=O) groups is 1. The van der Waals surface area contributed by atoms with E-state index in [1.165, 1.54) is 11.3 Å². The zero-order chi connectivity index (χ0) is 14.7. The van der Waals surface area contributed by atoms with E-state index in [0.29, 0.717) is 22.1 Å². The normalized spacial score (nSPS) is 10.7. The van der Waals surface area contributed by atoms with Crippen molar-refractivity contribution in [1.82, 2.24) is 4.90 Å². The molecule has 0 saturated carbocycles. The number of hydrogen-bond donors (Lipinski definition) is 1. The fraction of sp³-hybridized carbons (Fsp3) is 0.267. The Balaban J connectivity index is 2.25. The number of thiophene rings is 1. The van der Waals surface area contributed by atoms with E-state index in [9.17, 15) is 4.79 Å². The predicted octanol–water partition coefficient (Wildman–Crippen LogP) is 4.18. The molecule has 106 valence electrons. The van der Waals surface area contributed by atoms with Crippen LogP contribution in [0.2, 0.25) is 5.02 Å². The summed E-state index contributed by atoms with van der Waals surface area (Å²) in [6, 6.07) is 5.49. The molecule has 0 atom stereocenters. The summed E-state index contributed by atoms with van der Waals surface area (Å²) in [5, 5.41) is 1.54. The van der Waals surface area contributed by atoms with Crippen LogP contribution in [-0.4, -0.2) is 24.4 Å². The van der Waals surface area contributed by atoms with Gasteiger partial charge in [0.2, 0.25) is 0 Å². The molecular weight excluding hydrogens is 292 g/mol. The number of unbranched alkanes of at least 4 members (excludes halogenated alkanes) is 1. The summed E-state index contributed by atoms with van der Waals surface area (Å²) in [7, 11) is 1.79. The number of hydrogen-bond acceptors (Lipinski definition) is 3. The number of nitrogens with two attached hydrogens (primary N) is 1. The summed E-state index contributed by atoms with van der Waals surface area (Å²) >= 11 is 7.36. The van der Waals surface area contributed by atoms with Gasteiger partial charge in [-0.15, -0.1) is 17.9 Å². The van der Waals surface area contributed by atoms with Crippen molar-refractivity contribution in [1.29, 1.82) is 0 Å². The molecule has 0 aliphatic carbocycles. The number of nitrogens with zero attached hydrogens (tertiary/aromatic N) is 1. The number of carbonyl (C=O) groups excluding carboxylic acids is 1. The molecule has 0 saturated heterocycles. The molecule has 2 rings (SSSR count). The second-order valence-corrected chi connectivity index (χ2v) is 6.13. The molecular formula is C15H17ClN2OS. The largest absolute Gasteiger partial charge is 0.397 e. The number of halogens is 1. The number of allylic oxidation sites excluding steroid dienone is 1. The lowest BCUT2D eigenvalue weighted by Crippen LogP contribution is -2.27. The number of nitrogen functional groups attached to an aromatic ring is 1. The van der Waals surface area contributed by atoms with Gasteiger partial charge in [-0.25, -0.2) is 0 Å². The molecule has 0 bridgehead atoms. The highest BCUT2D eigenvalue weighted by Crippen LogP contribution is 2.35. The quantitative estimate of drug-likeness (QED) is 0.665. The Kier molecular flexibility index (Phi) is 4.68. The highest BCUT2D eigenvalue weighted by molar-refractivity contribution is 7.21. The van der Waals surface area contributed by atoms with Gasteiger partial charge in [0.25, 0.3) is 5.91 Å². The van der Waals surface area contributed by atoms with Gasteiger partial charge >= 0.3 is 0 Å². The van der Waals surface area contributed by atoms with Crippen LogP contribution in [0.25, 0.3) is 10.1 Å². The number of amides is 1. The second-order valence-electron chi connectivity index (χ2n) is 4.64. The monoisotopic (exact) mass is 308 g/mol. The summed E-state index contributed by atoms with van der Waals surface area (Å²) in [4.78, 5) is 14.7. The van der Waals surface area contributed by atoms with Crippen LogP contribution in [0, 0.1) is 0 Å². The van der Waals surface area contributed by atoms with Gasteiger partial charge in [0.05, 0.1) is 5.69 Å². The Morgan fingerprint density at radius 3 is 3.00 bits per heavy atom. The zero-order valence-corrected chi connectivity index (χ0v) is 12.9. The predicted molar refractivity (Wildman–Crippen MR) is 87.6 cm³/mol. The minimum absolute atomic E-state index is 0.0381. The lowest BCUT2D eigenvalue weighted by atomic mass is 10.2. The highest BCUT2D eigenvalue weighted by Gasteiger charge is 2.19. The van der Waals surface area contributed by atoms with Crippen LogP contribution in [0.4, 0.5) is 5.69 Å². The van der Waals surface area contributed by atoms with E-state index in [2.05, 4.69) is 6.58 Å². The first-order valence-corrected chi connectivity index (χ1v) is 7.58. The van der Waals surface area contributed by atoms with Crippen LogP contribution < -0.4 is 5.73 Å². The summed E-state index contributed by atoms with van der Waals surface area (Å²) in [5.41, 5.74) is 6.63. The highest BCUT2D eigenvalue weighted by atomic mass is 35.5. The fourth-order valence-electron chi connectivity index (χ4n) is 2.00. The number of rotatable bonds is 5. The van der Waals surface area contributed by atoms with Crippen LogP contribution in [0.1, 0.15) is 22.5 Å². The average Bonchev–Trinajstić information content (AvgIpc) is 2.74. The van der Waals surface area contributed by atoms with E-state index in [4.69, 9.17) is 17.3 Å². The molecule has 3 nitrogen and oxygen atoms in total. The molecule has 0 unspecified atom stereocenters. The van der Waals surface area contributed by atoms with Crippen molar-refractivity contribution in [3.63, 3.8) is 0 Å². The Bertz CT molecular complexity index is 651. The van der Waals surface area contributed by atoms with Gasteiger partial charge < -0.3 is 10.6 Å². The van der Waals surface area contributed by atoms with Gasteiger partial charge in [-0.2, -0.15) is 0 Å². The van der Waals surface area contributed by atoms with Crippen molar-refractivity contribution < 1.29 is 4.79 Å². The second kappa shape index (κ2) is 6.29. The first-order valence-electron chi connectivity index (χ1n) is 6.38. The topological polar surface area (TPSA) is 46.3 Å². The lowest BCUT2D eigenvalue weighted by Gasteiger charge is -2.16. The van der Waals surface area contributed by atoms with Crippen LogP contribution in [0.5, 0.6) is 0 Å². The maximum Gasteiger partial charge on any atom is 0.265 e. The van der Waals surface area contributed by atoms with Gasteiger partial charge in [-0.1, -0.05) is 17.7 Å². The Morgan fingerprint density at radius 2 is 2.30 bits per heavy atom. The van der Waals surface area contributed by atoms with Crippen molar-refractivity contribution in [3.8, 4) is 0 Å². The van der Waals surface area contributed by atoms with Gasteiger partial charge in [-0.3, -0.25) is 4.79 Å². The molecule has 5 heteroatoms. The number of anilines is 1. The zero-order valence-electron chi connectivity index (χ0n) is 11.4. The molecule has 20 heavy (non-hydrogen) atoms. The van der Waals surface area contributed by atoms with E-state index in [1.807, 2.05) is 18.2 Å². The fourth-order valence-corrected chi connectivity index (χ4v) is 3.39. The third kappa shape index (κ3) is 2.97. The van der Waals surface area contributed by atoms with Crippen LogP contribution in [0.3, 0.4) is 0 Å². The summed E-state index contributed by atoms with van der Waals surface area (Å²) in [6.07, 6.45) is 3.66. The smallest absolute Gasteiger partial charge is 0.265 e. The van der Waals surface area contributed by atoms with Gasteiger partial charge in [0.1, 0.15) is 4.88 Å². The van der Waals surface area contributed by atoms with Crippen molar-refractivity contribution in [2.24, 2.45) is 0 Å². The Hall–Kier alpha value is -1.52. The molecule has 0 radical (unpaired) electrons. The third-order valence-corrected chi connectivity index (χ3v) is 4.52. The first-order chi connectivity index (χ1) is 9.54. The Labute approximate surface area is 127 Å². The molecule has 0 fully saturated rings. The molecule has 1 aromatic carbocycles. The molecule has 0 aliphatic rings.